The second-order valence-corrected chi connectivity index (χ2v) is 6.26. The molecule has 0 saturated carbocycles. The molecule has 1 aliphatic rings. The Bertz CT molecular complexity index is 946. The molecule has 0 spiro atoms. The van der Waals surface area contributed by atoms with Crippen LogP contribution in [-0.2, 0) is 6.42 Å². The molecule has 0 unspecified atom stereocenters. The highest BCUT2D eigenvalue weighted by atomic mass is 19.1. The van der Waals surface area contributed by atoms with Crippen molar-refractivity contribution >= 4 is 5.91 Å². The Morgan fingerprint density at radius 1 is 1.19 bits per heavy atom. The molecule has 1 aliphatic carbocycles. The Kier molecular flexibility index (Phi) is 4.39. The van der Waals surface area contributed by atoms with Gasteiger partial charge in [-0.25, -0.2) is 14.4 Å². The van der Waals surface area contributed by atoms with Crippen LogP contribution in [0.1, 0.15) is 40.5 Å². The fourth-order valence-electron chi connectivity index (χ4n) is 3.21. The third-order valence-electron chi connectivity index (χ3n) is 4.51. The van der Waals surface area contributed by atoms with Crippen molar-refractivity contribution in [3.63, 3.8) is 0 Å². The molecule has 1 aromatic carbocycles. The van der Waals surface area contributed by atoms with Crippen LogP contribution in [0.5, 0.6) is 0 Å². The van der Waals surface area contributed by atoms with Gasteiger partial charge in [-0.05, 0) is 49.6 Å². The van der Waals surface area contributed by atoms with Crippen molar-refractivity contribution in [3.8, 4) is 11.4 Å². The molecule has 3 aromatic rings. The van der Waals surface area contributed by atoms with E-state index in [1.165, 1.54) is 18.2 Å². The van der Waals surface area contributed by atoms with E-state index in [1.807, 2.05) is 12.1 Å². The highest BCUT2D eigenvalue weighted by molar-refractivity contribution is 5.94. The highest BCUT2D eigenvalue weighted by Crippen LogP contribution is 2.29. The topological polar surface area (TPSA) is 67.8 Å². The van der Waals surface area contributed by atoms with Crippen LogP contribution in [0.2, 0.25) is 0 Å². The molecular weight excluding hydrogens is 331 g/mol. The first-order chi connectivity index (χ1) is 12.7. The summed E-state index contributed by atoms with van der Waals surface area (Å²) in [5.41, 5.74) is 3.10. The van der Waals surface area contributed by atoms with E-state index in [1.54, 1.807) is 24.7 Å². The minimum Gasteiger partial charge on any atom is -0.345 e. The number of aryl methyl sites for hydroxylation is 1. The molecule has 0 radical (unpaired) electrons. The molecule has 5 nitrogen and oxygen atoms in total. The van der Waals surface area contributed by atoms with Crippen molar-refractivity contribution in [1.29, 1.82) is 0 Å². The normalized spacial score (nSPS) is 16.0. The fraction of sp³-hybridized carbons (Fsp3) is 0.200. The van der Waals surface area contributed by atoms with Crippen molar-refractivity contribution in [1.82, 2.24) is 20.3 Å². The third-order valence-corrected chi connectivity index (χ3v) is 4.51. The average Bonchev–Trinajstić information content (AvgIpc) is 2.68. The number of halogens is 1. The van der Waals surface area contributed by atoms with Crippen LogP contribution in [0.3, 0.4) is 0 Å². The number of carbonyl (C=O) groups excluding carboxylic acids is 1. The van der Waals surface area contributed by atoms with E-state index in [2.05, 4.69) is 20.3 Å². The predicted octanol–water partition coefficient (Wildman–Crippen LogP) is 3.49. The summed E-state index contributed by atoms with van der Waals surface area (Å²) in [6, 6.07) is 9.26. The summed E-state index contributed by atoms with van der Waals surface area (Å²) in [4.78, 5) is 25.6. The quantitative estimate of drug-likeness (QED) is 0.787. The maximum Gasteiger partial charge on any atom is 0.251 e. The number of amides is 1. The Labute approximate surface area is 150 Å². The van der Waals surface area contributed by atoms with Crippen molar-refractivity contribution in [2.24, 2.45) is 0 Å². The van der Waals surface area contributed by atoms with Gasteiger partial charge in [-0.2, -0.15) is 0 Å². The van der Waals surface area contributed by atoms with Crippen LogP contribution in [-0.4, -0.2) is 20.9 Å². The largest absolute Gasteiger partial charge is 0.345 e. The summed E-state index contributed by atoms with van der Waals surface area (Å²) in [6.07, 6.45) is 7.79. The Morgan fingerprint density at radius 3 is 2.85 bits per heavy atom. The lowest BCUT2D eigenvalue weighted by molar-refractivity contribution is 0.0932. The lowest BCUT2D eigenvalue weighted by atomic mass is 9.92. The molecule has 26 heavy (non-hydrogen) atoms. The molecule has 2 aromatic heterocycles. The summed E-state index contributed by atoms with van der Waals surface area (Å²) in [5.74, 6) is -0.0594. The van der Waals surface area contributed by atoms with Crippen LogP contribution in [0.15, 0.2) is 55.0 Å². The molecule has 6 heteroatoms. The number of aromatic nitrogens is 3. The zero-order valence-corrected chi connectivity index (χ0v) is 14.0. The number of pyridine rings is 1. The van der Waals surface area contributed by atoms with Crippen LogP contribution in [0.4, 0.5) is 4.39 Å². The molecule has 4 rings (SSSR count). The summed E-state index contributed by atoms with van der Waals surface area (Å²) >= 11 is 0. The van der Waals surface area contributed by atoms with Crippen LogP contribution >= 0.6 is 0 Å². The fourth-order valence-corrected chi connectivity index (χ4v) is 3.21. The van der Waals surface area contributed by atoms with Crippen molar-refractivity contribution in [2.75, 3.05) is 0 Å². The molecule has 1 amide bonds. The summed E-state index contributed by atoms with van der Waals surface area (Å²) in [7, 11) is 0. The molecule has 0 fully saturated rings. The Balaban J connectivity index is 1.58. The second-order valence-electron chi connectivity index (χ2n) is 6.26. The molecule has 2 heterocycles. The molecule has 0 aliphatic heterocycles. The number of rotatable bonds is 3. The van der Waals surface area contributed by atoms with Gasteiger partial charge >= 0.3 is 0 Å². The Hall–Kier alpha value is -3.15. The number of hydrogen-bond donors (Lipinski definition) is 1. The van der Waals surface area contributed by atoms with Gasteiger partial charge < -0.3 is 5.32 Å². The number of fused-ring (bicyclic) bond motifs is 1. The lowest BCUT2D eigenvalue weighted by Gasteiger charge is -2.25. The predicted molar refractivity (Wildman–Crippen MR) is 94.8 cm³/mol. The Morgan fingerprint density at radius 2 is 2.04 bits per heavy atom. The van der Waals surface area contributed by atoms with Gasteiger partial charge in [0.05, 0.1) is 6.04 Å². The first kappa shape index (κ1) is 16.3. The number of nitrogens with zero attached hydrogens (tertiary/aromatic N) is 3. The zero-order valence-electron chi connectivity index (χ0n) is 14.0. The third kappa shape index (κ3) is 3.31. The monoisotopic (exact) mass is 348 g/mol. The van der Waals surface area contributed by atoms with Crippen LogP contribution in [0, 0.1) is 5.82 Å². The maximum atomic E-state index is 13.3. The van der Waals surface area contributed by atoms with Crippen molar-refractivity contribution < 1.29 is 9.18 Å². The van der Waals surface area contributed by atoms with Crippen molar-refractivity contribution in [2.45, 2.75) is 25.3 Å². The van der Waals surface area contributed by atoms with Gasteiger partial charge in [-0.3, -0.25) is 9.78 Å². The van der Waals surface area contributed by atoms with E-state index in [9.17, 15) is 9.18 Å². The molecule has 0 saturated heterocycles. The maximum absolute atomic E-state index is 13.3. The standard InChI is InChI=1S/C20H17FN4O/c21-15-4-1-3-14(11-15)20(26)25-18-6-2-5-17-16(18)12-23-19(24-17)13-7-9-22-10-8-13/h1,3-4,7-12,18H,2,5-6H2,(H,25,26)/t18-/m1/s1. The summed E-state index contributed by atoms with van der Waals surface area (Å²) in [6.45, 7) is 0. The smallest absolute Gasteiger partial charge is 0.251 e. The van der Waals surface area contributed by atoms with E-state index in [0.29, 0.717) is 11.4 Å². The highest BCUT2D eigenvalue weighted by Gasteiger charge is 2.24. The SMILES string of the molecule is O=C(N[C@@H]1CCCc2nc(-c3ccncc3)ncc21)c1cccc(F)c1. The molecule has 1 atom stereocenters. The van der Waals surface area contributed by atoms with E-state index in [4.69, 9.17) is 0 Å². The number of carbonyl (C=O) groups is 1. The number of nitrogens with one attached hydrogen (secondary N) is 1. The summed E-state index contributed by atoms with van der Waals surface area (Å²) < 4.78 is 13.3. The minimum atomic E-state index is -0.424. The van der Waals surface area contributed by atoms with Gasteiger partial charge in [0.1, 0.15) is 5.82 Å². The van der Waals surface area contributed by atoms with E-state index >= 15 is 0 Å². The number of hydrogen-bond acceptors (Lipinski definition) is 4. The van der Waals surface area contributed by atoms with Gasteiger partial charge in [0.25, 0.3) is 5.91 Å². The number of benzene rings is 1. The van der Waals surface area contributed by atoms with Crippen molar-refractivity contribution in [3.05, 3.63) is 77.6 Å². The first-order valence-corrected chi connectivity index (χ1v) is 8.53. The van der Waals surface area contributed by atoms with Gasteiger partial charge in [-0.1, -0.05) is 6.07 Å². The molecule has 0 bridgehead atoms. The average molecular weight is 348 g/mol. The van der Waals surface area contributed by atoms with Crippen LogP contribution in [0.25, 0.3) is 11.4 Å². The van der Waals surface area contributed by atoms with E-state index in [-0.39, 0.29) is 11.9 Å². The molecule has 1 N–H and O–H groups in total. The summed E-state index contributed by atoms with van der Waals surface area (Å²) in [5, 5.41) is 2.98. The van der Waals surface area contributed by atoms with Gasteiger partial charge in [0.15, 0.2) is 5.82 Å². The van der Waals surface area contributed by atoms with Gasteiger partial charge in [-0.15, -0.1) is 0 Å². The van der Waals surface area contributed by atoms with Gasteiger partial charge in [0, 0.05) is 41.0 Å². The van der Waals surface area contributed by atoms with E-state index in [0.717, 1.165) is 36.1 Å². The first-order valence-electron chi connectivity index (χ1n) is 8.53. The van der Waals surface area contributed by atoms with Gasteiger partial charge in [0.2, 0.25) is 0 Å². The van der Waals surface area contributed by atoms with Crippen LogP contribution < -0.4 is 5.32 Å². The zero-order chi connectivity index (χ0) is 17.9. The minimum absolute atomic E-state index is 0.166. The molecule has 130 valence electrons. The lowest BCUT2D eigenvalue weighted by Crippen LogP contribution is -2.31. The van der Waals surface area contributed by atoms with E-state index < -0.39 is 5.82 Å². The molecular formula is C20H17FN4O. The second kappa shape index (κ2) is 7.00.